The minimum absolute atomic E-state index is 0.00897. The third-order valence-corrected chi connectivity index (χ3v) is 12.1. The molecular weight excluding hydrogens is 620 g/mol. The summed E-state index contributed by atoms with van der Waals surface area (Å²) < 4.78 is 47.5. The summed E-state index contributed by atoms with van der Waals surface area (Å²) in [4.78, 5) is 30.0. The topological polar surface area (TPSA) is 119 Å². The summed E-state index contributed by atoms with van der Waals surface area (Å²) in [5, 5.41) is 1.05. The Morgan fingerprint density at radius 3 is 2.60 bits per heavy atom. The van der Waals surface area contributed by atoms with Crippen LogP contribution in [-0.2, 0) is 31.0 Å². The Kier molecular flexibility index (Phi) is 8.35. The third-order valence-electron chi connectivity index (χ3n) is 10.7. The van der Waals surface area contributed by atoms with Gasteiger partial charge in [-0.15, -0.1) is 0 Å². The van der Waals surface area contributed by atoms with Crippen molar-refractivity contribution in [3.63, 3.8) is 0 Å². The van der Waals surface area contributed by atoms with Crippen LogP contribution >= 0.6 is 0 Å². The fraction of sp³-hybridized carbons (Fsp3) is 0.543. The molecule has 2 aromatic carbocycles. The number of nitrogens with zero attached hydrogens (tertiary/aromatic N) is 3. The van der Waals surface area contributed by atoms with E-state index in [0.717, 1.165) is 63.5 Å². The predicted molar refractivity (Wildman–Crippen MR) is 178 cm³/mol. The van der Waals surface area contributed by atoms with Gasteiger partial charge in [-0.25, -0.2) is 4.72 Å². The van der Waals surface area contributed by atoms with Crippen LogP contribution in [0.4, 0.5) is 0 Å². The van der Waals surface area contributed by atoms with Crippen LogP contribution in [-0.4, -0.2) is 94.7 Å². The zero-order chi connectivity index (χ0) is 33.1. The van der Waals surface area contributed by atoms with E-state index < -0.39 is 21.5 Å². The van der Waals surface area contributed by atoms with Crippen LogP contribution in [0, 0.1) is 5.41 Å². The van der Waals surface area contributed by atoms with E-state index in [9.17, 15) is 18.0 Å². The minimum atomic E-state index is -3.98. The van der Waals surface area contributed by atoms with Crippen molar-refractivity contribution >= 4 is 32.9 Å². The molecule has 3 heterocycles. The first kappa shape index (κ1) is 32.1. The number of fused-ring (bicyclic) bond motifs is 7. The van der Waals surface area contributed by atoms with E-state index in [1.165, 1.54) is 26.1 Å². The molecule has 47 heavy (non-hydrogen) atoms. The first-order chi connectivity index (χ1) is 22.6. The quantitative estimate of drug-likeness (QED) is 0.382. The number of hydrogen-bond donors (Lipinski definition) is 1. The van der Waals surface area contributed by atoms with E-state index in [0.29, 0.717) is 45.2 Å². The molecule has 0 radical (unpaired) electrons. The lowest BCUT2D eigenvalue weighted by Gasteiger charge is -2.35. The molecule has 1 saturated heterocycles. The normalized spacial score (nSPS) is 24.3. The highest BCUT2D eigenvalue weighted by Crippen LogP contribution is 2.66. The Morgan fingerprint density at radius 1 is 1.09 bits per heavy atom. The van der Waals surface area contributed by atoms with Gasteiger partial charge >= 0.3 is 10.2 Å². The lowest BCUT2D eigenvalue weighted by atomic mass is 9.81. The Balaban J connectivity index is 1.41. The highest BCUT2D eigenvalue weighted by molar-refractivity contribution is 7.87. The van der Waals surface area contributed by atoms with Gasteiger partial charge < -0.3 is 23.7 Å². The van der Waals surface area contributed by atoms with E-state index in [-0.39, 0.29) is 23.5 Å². The number of hydrogen-bond acceptors (Lipinski definition) is 7. The fourth-order valence-electron chi connectivity index (χ4n) is 8.19. The van der Waals surface area contributed by atoms with Gasteiger partial charge in [0.1, 0.15) is 5.75 Å². The highest BCUT2D eigenvalue weighted by atomic mass is 32.2. The van der Waals surface area contributed by atoms with Crippen molar-refractivity contribution in [3.05, 3.63) is 53.1 Å². The van der Waals surface area contributed by atoms with E-state index in [1.807, 2.05) is 17.0 Å². The molecule has 2 saturated carbocycles. The van der Waals surface area contributed by atoms with E-state index in [4.69, 9.17) is 14.2 Å². The van der Waals surface area contributed by atoms with Gasteiger partial charge in [0.25, 0.3) is 5.91 Å². The molecule has 1 N–H and O–H groups in total. The number of benzene rings is 2. The molecular formula is C35H44N4O7S. The number of methoxy groups -OCH3 is 2. The molecule has 2 aliphatic carbocycles. The van der Waals surface area contributed by atoms with Crippen molar-refractivity contribution in [1.82, 2.24) is 18.5 Å². The summed E-state index contributed by atoms with van der Waals surface area (Å²) in [6, 6.07) is 11.7. The van der Waals surface area contributed by atoms with Crippen LogP contribution in [0.15, 0.2) is 36.4 Å². The van der Waals surface area contributed by atoms with Crippen LogP contribution in [0.25, 0.3) is 22.2 Å². The first-order valence-corrected chi connectivity index (χ1v) is 18.0. The predicted octanol–water partition coefficient (Wildman–Crippen LogP) is 4.26. The van der Waals surface area contributed by atoms with Gasteiger partial charge in [-0.2, -0.15) is 12.7 Å². The number of aromatic nitrogens is 1. The van der Waals surface area contributed by atoms with Crippen molar-refractivity contribution in [3.8, 4) is 17.0 Å². The standard InChI is InChI=1S/C35H44N4O7S/c1-37(2)47(42,43)36-33(40)23-10-12-27-30(16-23)39-21-35(34(41)38-14-15-46-25(19-38)20-44-3)18-29(35)28-17-24(45-4)11-13-26(28)32(39)31(27)22-8-6-5-7-9-22/h10-13,16-17,22,25,29H,5-9,14-15,18-21H2,1-4H3,(H,36,40)/t25-,29?,35?/m1/s1. The highest BCUT2D eigenvalue weighted by Gasteiger charge is 2.64. The molecule has 1 aromatic heterocycles. The van der Waals surface area contributed by atoms with Crippen molar-refractivity contribution in [2.45, 2.75) is 63.0 Å². The zero-order valence-electron chi connectivity index (χ0n) is 27.6. The summed E-state index contributed by atoms with van der Waals surface area (Å²) in [6.45, 7) is 2.34. The molecule has 3 fully saturated rings. The summed E-state index contributed by atoms with van der Waals surface area (Å²) in [5.74, 6) is 0.520. The number of carbonyl (C=O) groups is 2. The van der Waals surface area contributed by atoms with Gasteiger partial charge in [0, 0.05) is 68.8 Å². The maximum Gasteiger partial charge on any atom is 0.303 e. The Labute approximate surface area is 276 Å². The van der Waals surface area contributed by atoms with Gasteiger partial charge in [-0.05, 0) is 66.6 Å². The molecule has 0 bridgehead atoms. The summed E-state index contributed by atoms with van der Waals surface area (Å²) in [6.07, 6.45) is 6.19. The minimum Gasteiger partial charge on any atom is -0.497 e. The van der Waals surface area contributed by atoms with Crippen molar-refractivity contribution in [2.75, 3.05) is 54.6 Å². The molecule has 4 aliphatic rings. The largest absolute Gasteiger partial charge is 0.497 e. The van der Waals surface area contributed by atoms with E-state index in [1.54, 1.807) is 26.4 Å². The number of ether oxygens (including phenoxy) is 3. The Hall–Kier alpha value is -3.45. The lowest BCUT2D eigenvalue weighted by molar-refractivity contribution is -0.147. The Morgan fingerprint density at radius 2 is 1.87 bits per heavy atom. The second-order valence-electron chi connectivity index (χ2n) is 13.7. The third kappa shape index (κ3) is 5.52. The van der Waals surface area contributed by atoms with Crippen LogP contribution < -0.4 is 9.46 Å². The Bertz CT molecular complexity index is 1830. The van der Waals surface area contributed by atoms with Gasteiger partial charge in [0.2, 0.25) is 5.91 Å². The molecule has 2 aliphatic heterocycles. The summed E-state index contributed by atoms with van der Waals surface area (Å²) in [7, 11) is 2.09. The number of nitrogens with one attached hydrogen (secondary N) is 1. The van der Waals surface area contributed by atoms with E-state index in [2.05, 4.69) is 21.4 Å². The SMILES string of the molecule is COC[C@H]1CN(C(=O)C23CC2c2cc(OC)ccc2-c2c(C4CCCCC4)c4ccc(C(=O)NS(=O)(=O)N(C)C)cc4n2C3)CCO1. The van der Waals surface area contributed by atoms with Crippen LogP contribution in [0.2, 0.25) is 0 Å². The fourth-order valence-corrected chi connectivity index (χ4v) is 8.73. The van der Waals surface area contributed by atoms with Gasteiger partial charge in [0.15, 0.2) is 0 Å². The number of carbonyl (C=O) groups excluding carboxylic acids is 2. The molecule has 3 atom stereocenters. The maximum atomic E-state index is 14.7. The number of rotatable bonds is 8. The molecule has 2 amide bonds. The second kappa shape index (κ2) is 12.2. The average molecular weight is 665 g/mol. The molecule has 3 aromatic rings. The van der Waals surface area contributed by atoms with E-state index >= 15 is 0 Å². The number of morpholine rings is 1. The van der Waals surface area contributed by atoms with Gasteiger partial charge in [0.05, 0.1) is 37.5 Å². The summed E-state index contributed by atoms with van der Waals surface area (Å²) in [5.41, 5.74) is 4.99. The molecule has 12 heteroatoms. The van der Waals surface area contributed by atoms with Gasteiger partial charge in [-0.1, -0.05) is 25.3 Å². The second-order valence-corrected chi connectivity index (χ2v) is 15.6. The van der Waals surface area contributed by atoms with Gasteiger partial charge in [-0.3, -0.25) is 9.59 Å². The molecule has 2 unspecified atom stereocenters. The van der Waals surface area contributed by atoms with Crippen molar-refractivity contribution in [2.24, 2.45) is 5.41 Å². The van der Waals surface area contributed by atoms with Crippen molar-refractivity contribution in [1.29, 1.82) is 0 Å². The van der Waals surface area contributed by atoms with Crippen molar-refractivity contribution < 1.29 is 32.2 Å². The monoisotopic (exact) mass is 664 g/mol. The number of amides is 2. The molecule has 11 nitrogen and oxygen atoms in total. The summed E-state index contributed by atoms with van der Waals surface area (Å²) >= 11 is 0. The maximum absolute atomic E-state index is 14.7. The lowest BCUT2D eigenvalue weighted by Crippen LogP contribution is -2.50. The average Bonchev–Trinajstić information content (AvgIpc) is 3.74. The molecule has 7 rings (SSSR count). The molecule has 0 spiro atoms. The molecule has 252 valence electrons. The first-order valence-electron chi connectivity index (χ1n) is 16.6. The van der Waals surface area contributed by atoms with Crippen LogP contribution in [0.5, 0.6) is 5.75 Å². The zero-order valence-corrected chi connectivity index (χ0v) is 28.4. The van der Waals surface area contributed by atoms with Crippen LogP contribution in [0.3, 0.4) is 0 Å². The van der Waals surface area contributed by atoms with Crippen LogP contribution in [0.1, 0.15) is 71.8 Å². The smallest absolute Gasteiger partial charge is 0.303 e.